The minimum atomic E-state index is -1.31. The zero-order valence-electron chi connectivity index (χ0n) is 18.6. The number of amides is 2. The molecule has 2 aromatic carbocycles. The molecule has 11 heteroatoms. The van der Waals surface area contributed by atoms with E-state index in [1.54, 1.807) is 13.0 Å². The summed E-state index contributed by atoms with van der Waals surface area (Å²) < 4.78 is 42.2. The lowest BCUT2D eigenvalue weighted by Crippen LogP contribution is -2.38. The fraction of sp³-hybridized carbons (Fsp3) is 0.208. The minimum Gasteiger partial charge on any atom is -0.508 e. The lowest BCUT2D eigenvalue weighted by atomic mass is 10.0. The molecule has 4 rings (SSSR count). The van der Waals surface area contributed by atoms with E-state index in [9.17, 15) is 27.9 Å². The maximum atomic E-state index is 14.0. The predicted octanol–water partition coefficient (Wildman–Crippen LogP) is 3.14. The topological polar surface area (TPSA) is 113 Å². The summed E-state index contributed by atoms with van der Waals surface area (Å²) in [6, 6.07) is 7.83. The number of phenolic OH excluding ortho intramolecular Hbond substituents is 1. The highest BCUT2D eigenvalue weighted by Crippen LogP contribution is 2.26. The number of phenols is 1. The molecule has 2 amide bonds. The van der Waals surface area contributed by atoms with Crippen LogP contribution >= 0.6 is 0 Å². The molecule has 182 valence electrons. The number of rotatable bonds is 6. The van der Waals surface area contributed by atoms with E-state index in [1.807, 2.05) is 0 Å². The SMILES string of the molecule is Cc1cc2n(n1)CC(C(=O)Nc1ccc(O)cc1)=CN2C(=O)C[C@H](N)Cc1cc(F)c(F)cc1F. The number of aromatic hydroxyl groups is 1. The van der Waals surface area contributed by atoms with E-state index < -0.39 is 35.3 Å². The molecule has 1 aromatic heterocycles. The van der Waals surface area contributed by atoms with Crippen molar-refractivity contribution in [1.29, 1.82) is 0 Å². The first-order chi connectivity index (χ1) is 16.6. The van der Waals surface area contributed by atoms with Gasteiger partial charge in [-0.3, -0.25) is 14.5 Å². The molecule has 4 N–H and O–H groups in total. The first-order valence-corrected chi connectivity index (χ1v) is 10.7. The van der Waals surface area contributed by atoms with Gasteiger partial charge in [0.2, 0.25) is 5.91 Å². The Morgan fingerprint density at radius 2 is 1.80 bits per heavy atom. The van der Waals surface area contributed by atoms with Gasteiger partial charge >= 0.3 is 0 Å². The smallest absolute Gasteiger partial charge is 0.254 e. The molecule has 8 nitrogen and oxygen atoms in total. The summed E-state index contributed by atoms with van der Waals surface area (Å²) in [5.41, 5.74) is 7.20. The highest BCUT2D eigenvalue weighted by molar-refractivity contribution is 6.06. The second kappa shape index (κ2) is 9.63. The number of nitrogens with one attached hydrogen (secondary N) is 1. The van der Waals surface area contributed by atoms with Gasteiger partial charge in [-0.2, -0.15) is 5.10 Å². The Kier molecular flexibility index (Phi) is 6.61. The van der Waals surface area contributed by atoms with Gasteiger partial charge in [0.15, 0.2) is 11.6 Å². The van der Waals surface area contributed by atoms with Gasteiger partial charge in [-0.15, -0.1) is 0 Å². The van der Waals surface area contributed by atoms with Crippen LogP contribution in [-0.4, -0.2) is 32.7 Å². The van der Waals surface area contributed by atoms with Crippen LogP contribution in [0.3, 0.4) is 0 Å². The summed E-state index contributed by atoms with van der Waals surface area (Å²) in [7, 11) is 0. The Bertz CT molecular complexity index is 1320. The van der Waals surface area contributed by atoms with Crippen LogP contribution in [-0.2, 0) is 22.6 Å². The standard InChI is InChI=1S/C24H22F3N5O3/c1-13-6-22-31(23(34)9-16(28)7-14-8-20(26)21(27)10-19(14)25)11-15(12-32(22)30-13)24(35)29-17-2-4-18(33)5-3-17/h2-6,8,10-11,16,33H,7,9,12,28H2,1H3,(H,29,35)/t16-/m1/s1. The number of nitrogens with two attached hydrogens (primary N) is 1. The van der Waals surface area contributed by atoms with Gasteiger partial charge in [-0.25, -0.2) is 17.9 Å². The molecule has 1 aliphatic rings. The molecule has 0 unspecified atom stereocenters. The molecular weight excluding hydrogens is 463 g/mol. The van der Waals surface area contributed by atoms with E-state index in [1.165, 1.54) is 40.0 Å². The number of halogens is 3. The largest absolute Gasteiger partial charge is 0.508 e. The van der Waals surface area contributed by atoms with E-state index in [-0.39, 0.29) is 36.3 Å². The van der Waals surface area contributed by atoms with Crippen molar-refractivity contribution in [3.8, 4) is 5.75 Å². The summed E-state index contributed by atoms with van der Waals surface area (Å²) in [5, 5.41) is 16.4. The van der Waals surface area contributed by atoms with Crippen LogP contribution in [0.4, 0.5) is 24.7 Å². The van der Waals surface area contributed by atoms with Crippen molar-refractivity contribution in [3.63, 3.8) is 0 Å². The van der Waals surface area contributed by atoms with Crippen molar-refractivity contribution in [2.75, 3.05) is 10.2 Å². The Morgan fingerprint density at radius 3 is 2.51 bits per heavy atom. The highest BCUT2D eigenvalue weighted by Gasteiger charge is 2.28. The van der Waals surface area contributed by atoms with Gasteiger partial charge in [0, 0.05) is 36.5 Å². The third-order valence-electron chi connectivity index (χ3n) is 5.43. The number of carbonyl (C=O) groups is 2. The zero-order chi connectivity index (χ0) is 25.3. The summed E-state index contributed by atoms with van der Waals surface area (Å²) in [5.74, 6) is -3.95. The number of aromatic nitrogens is 2. The average molecular weight is 485 g/mol. The molecule has 3 aromatic rings. The van der Waals surface area contributed by atoms with E-state index in [2.05, 4.69) is 10.4 Å². The summed E-state index contributed by atoms with van der Waals surface area (Å²) >= 11 is 0. The highest BCUT2D eigenvalue weighted by atomic mass is 19.2. The van der Waals surface area contributed by atoms with Crippen LogP contribution in [0.2, 0.25) is 0 Å². The van der Waals surface area contributed by atoms with Crippen molar-refractivity contribution in [1.82, 2.24) is 9.78 Å². The second-order valence-corrected chi connectivity index (χ2v) is 8.25. The molecule has 0 radical (unpaired) electrons. The molecule has 0 saturated carbocycles. The van der Waals surface area contributed by atoms with Gasteiger partial charge in [0.25, 0.3) is 5.91 Å². The molecule has 2 heterocycles. The number of fused-ring (bicyclic) bond motifs is 1. The number of hydrogen-bond acceptors (Lipinski definition) is 5. The van der Waals surface area contributed by atoms with Gasteiger partial charge < -0.3 is 16.2 Å². The maximum absolute atomic E-state index is 14.0. The molecule has 1 aliphatic heterocycles. The van der Waals surface area contributed by atoms with Gasteiger partial charge in [0.1, 0.15) is 17.4 Å². The monoisotopic (exact) mass is 485 g/mol. The van der Waals surface area contributed by atoms with E-state index in [4.69, 9.17) is 5.73 Å². The lowest BCUT2D eigenvalue weighted by Gasteiger charge is -2.26. The fourth-order valence-electron chi connectivity index (χ4n) is 3.75. The van der Waals surface area contributed by atoms with E-state index in [0.717, 1.165) is 6.07 Å². The minimum absolute atomic E-state index is 0.0490. The number of anilines is 2. The molecule has 0 saturated heterocycles. The Balaban J connectivity index is 1.52. The first kappa shape index (κ1) is 24.0. The number of nitrogens with zero attached hydrogens (tertiary/aromatic N) is 3. The predicted molar refractivity (Wildman–Crippen MR) is 122 cm³/mol. The van der Waals surface area contributed by atoms with Crippen molar-refractivity contribution in [2.24, 2.45) is 5.73 Å². The molecule has 0 aliphatic carbocycles. The summed E-state index contributed by atoms with van der Waals surface area (Å²) in [4.78, 5) is 27.2. The Hall–Kier alpha value is -4.12. The van der Waals surface area contributed by atoms with E-state index >= 15 is 0 Å². The molecule has 1 atom stereocenters. The van der Waals surface area contributed by atoms with Gasteiger partial charge in [-0.1, -0.05) is 0 Å². The maximum Gasteiger partial charge on any atom is 0.254 e. The number of carbonyl (C=O) groups excluding carboxylic acids is 2. The average Bonchev–Trinajstić information content (AvgIpc) is 3.18. The third kappa shape index (κ3) is 5.35. The van der Waals surface area contributed by atoms with Crippen molar-refractivity contribution < 1.29 is 27.9 Å². The van der Waals surface area contributed by atoms with Crippen LogP contribution in [0.25, 0.3) is 0 Å². The quantitative estimate of drug-likeness (QED) is 0.367. The normalized spacial score (nSPS) is 13.7. The van der Waals surface area contributed by atoms with E-state index in [0.29, 0.717) is 23.3 Å². The lowest BCUT2D eigenvalue weighted by molar-refractivity contribution is -0.118. The van der Waals surface area contributed by atoms with Crippen molar-refractivity contribution in [2.45, 2.75) is 32.4 Å². The van der Waals surface area contributed by atoms with Crippen LogP contribution < -0.4 is 16.0 Å². The van der Waals surface area contributed by atoms with Gasteiger partial charge in [0.05, 0.1) is 17.8 Å². The fourth-order valence-corrected chi connectivity index (χ4v) is 3.75. The Morgan fingerprint density at radius 1 is 1.11 bits per heavy atom. The number of benzene rings is 2. The molecule has 0 spiro atoms. The summed E-state index contributed by atoms with van der Waals surface area (Å²) in [6.07, 6.45) is 0.935. The van der Waals surface area contributed by atoms with Gasteiger partial charge in [-0.05, 0) is 49.2 Å². The number of aryl methyl sites for hydroxylation is 1. The molecule has 35 heavy (non-hydrogen) atoms. The van der Waals surface area contributed by atoms with Crippen molar-refractivity contribution >= 4 is 23.3 Å². The van der Waals surface area contributed by atoms with Crippen molar-refractivity contribution in [3.05, 3.63) is 82.9 Å². The van der Waals surface area contributed by atoms with Crippen LogP contribution in [0.1, 0.15) is 17.7 Å². The summed E-state index contributed by atoms with van der Waals surface area (Å²) in [6.45, 7) is 1.85. The zero-order valence-corrected chi connectivity index (χ0v) is 18.6. The molecule has 0 bridgehead atoms. The third-order valence-corrected chi connectivity index (χ3v) is 5.43. The number of hydrogen-bond donors (Lipinski definition) is 3. The Labute approximate surface area is 198 Å². The first-order valence-electron chi connectivity index (χ1n) is 10.7. The van der Waals surface area contributed by atoms with Crippen LogP contribution in [0.5, 0.6) is 5.75 Å². The molecule has 0 fully saturated rings. The van der Waals surface area contributed by atoms with Crippen LogP contribution in [0.15, 0.2) is 54.2 Å². The van der Waals surface area contributed by atoms with Crippen LogP contribution in [0, 0.1) is 24.4 Å². The molecular formula is C24H22F3N5O3. The second-order valence-electron chi connectivity index (χ2n) is 8.25.